The van der Waals surface area contributed by atoms with Crippen LogP contribution in [0.25, 0.3) is 0 Å². The van der Waals surface area contributed by atoms with E-state index < -0.39 is 17.4 Å². The van der Waals surface area contributed by atoms with E-state index in [-0.39, 0.29) is 18.1 Å². The van der Waals surface area contributed by atoms with E-state index >= 15 is 0 Å². The first-order valence-electron chi connectivity index (χ1n) is 4.90. The molecule has 2 N–H and O–H groups in total. The number of hydrogen-bond donors (Lipinski definition) is 1. The molecule has 0 amide bonds. The second-order valence-electron chi connectivity index (χ2n) is 4.37. The Balaban J connectivity index is 3.15. The molecule has 0 spiro atoms. The van der Waals surface area contributed by atoms with Crippen molar-refractivity contribution in [3.8, 4) is 5.88 Å². The van der Waals surface area contributed by atoms with Gasteiger partial charge in [0.2, 0.25) is 5.88 Å². The number of nitrogens with zero attached hydrogens (tertiary/aromatic N) is 2. The first-order chi connectivity index (χ1) is 7.62. The summed E-state index contributed by atoms with van der Waals surface area (Å²) in [4.78, 5) is 7.28. The van der Waals surface area contributed by atoms with Crippen molar-refractivity contribution in [2.75, 3.05) is 7.11 Å². The van der Waals surface area contributed by atoms with Gasteiger partial charge in [-0.05, 0) is 13.8 Å². The highest BCUT2D eigenvalue weighted by molar-refractivity contribution is 5.19. The molecule has 1 rings (SSSR count). The number of nitrogens with two attached hydrogens (primary N) is 1. The normalized spacial score (nSPS) is 12.6. The Hall–Kier alpha value is -1.37. The van der Waals surface area contributed by atoms with Crippen molar-refractivity contribution in [1.82, 2.24) is 9.97 Å². The molecule has 0 saturated carbocycles. The van der Waals surface area contributed by atoms with Crippen LogP contribution in [0, 0.1) is 0 Å². The average Bonchev–Trinajstić information content (AvgIpc) is 2.13. The Morgan fingerprint density at radius 3 is 2.29 bits per heavy atom. The fourth-order valence-electron chi connectivity index (χ4n) is 1.21. The molecule has 0 aliphatic heterocycles. The lowest BCUT2D eigenvalue weighted by Gasteiger charge is -2.18. The quantitative estimate of drug-likeness (QED) is 0.887. The SMILES string of the molecule is COc1cc(C(F)(F)F)nc(CC(C)(C)N)n1. The highest BCUT2D eigenvalue weighted by Gasteiger charge is 2.34. The largest absolute Gasteiger partial charge is 0.481 e. The number of hydrogen-bond acceptors (Lipinski definition) is 4. The van der Waals surface area contributed by atoms with Crippen LogP contribution in [0.15, 0.2) is 6.07 Å². The van der Waals surface area contributed by atoms with Gasteiger partial charge in [-0.1, -0.05) is 0 Å². The van der Waals surface area contributed by atoms with E-state index in [0.717, 1.165) is 6.07 Å². The molecule has 0 aromatic carbocycles. The van der Waals surface area contributed by atoms with Crippen LogP contribution in [0.5, 0.6) is 5.88 Å². The maximum atomic E-state index is 12.5. The maximum Gasteiger partial charge on any atom is 0.433 e. The van der Waals surface area contributed by atoms with Crippen molar-refractivity contribution in [2.45, 2.75) is 32.0 Å². The summed E-state index contributed by atoms with van der Waals surface area (Å²) < 4.78 is 42.3. The minimum absolute atomic E-state index is 0.0178. The predicted molar refractivity (Wildman–Crippen MR) is 55.6 cm³/mol. The summed E-state index contributed by atoms with van der Waals surface area (Å²) in [6, 6.07) is 0.757. The van der Waals surface area contributed by atoms with Gasteiger partial charge in [-0.15, -0.1) is 0 Å². The van der Waals surface area contributed by atoms with Crippen molar-refractivity contribution >= 4 is 0 Å². The van der Waals surface area contributed by atoms with E-state index in [2.05, 4.69) is 9.97 Å². The van der Waals surface area contributed by atoms with Crippen LogP contribution in [-0.4, -0.2) is 22.6 Å². The molecule has 1 aromatic rings. The molecular weight excluding hydrogens is 235 g/mol. The molecule has 7 heteroatoms. The molecule has 0 radical (unpaired) electrons. The number of halogens is 3. The van der Waals surface area contributed by atoms with Crippen LogP contribution < -0.4 is 10.5 Å². The molecule has 0 unspecified atom stereocenters. The Labute approximate surface area is 97.0 Å². The fourth-order valence-corrected chi connectivity index (χ4v) is 1.21. The number of alkyl halides is 3. The van der Waals surface area contributed by atoms with E-state index in [1.54, 1.807) is 13.8 Å². The number of aromatic nitrogens is 2. The second kappa shape index (κ2) is 4.48. The lowest BCUT2D eigenvalue weighted by Crippen LogP contribution is -2.35. The third-order valence-electron chi connectivity index (χ3n) is 1.86. The topological polar surface area (TPSA) is 61.0 Å². The number of rotatable bonds is 3. The first-order valence-corrected chi connectivity index (χ1v) is 4.90. The molecule has 1 aromatic heterocycles. The molecule has 0 atom stereocenters. The van der Waals surface area contributed by atoms with Crippen LogP contribution in [0.1, 0.15) is 25.4 Å². The Morgan fingerprint density at radius 2 is 1.88 bits per heavy atom. The summed E-state index contributed by atoms with van der Waals surface area (Å²) in [7, 11) is 1.25. The van der Waals surface area contributed by atoms with Crippen LogP contribution in [0.2, 0.25) is 0 Å². The maximum absolute atomic E-state index is 12.5. The van der Waals surface area contributed by atoms with Gasteiger partial charge in [-0.25, -0.2) is 4.98 Å². The number of methoxy groups -OCH3 is 1. The standard InChI is InChI=1S/C10H14F3N3O/c1-9(2,14)5-7-15-6(10(11,12)13)4-8(16-7)17-3/h4H,5,14H2,1-3H3. The first kappa shape index (κ1) is 13.7. The zero-order chi connectivity index (χ0) is 13.3. The van der Waals surface area contributed by atoms with Gasteiger partial charge in [0.25, 0.3) is 0 Å². The van der Waals surface area contributed by atoms with Gasteiger partial charge in [0.1, 0.15) is 5.82 Å². The zero-order valence-corrected chi connectivity index (χ0v) is 9.80. The lowest BCUT2D eigenvalue weighted by molar-refractivity contribution is -0.141. The van der Waals surface area contributed by atoms with Crippen LogP contribution in [-0.2, 0) is 12.6 Å². The van der Waals surface area contributed by atoms with Crippen molar-refractivity contribution in [3.63, 3.8) is 0 Å². The minimum atomic E-state index is -4.52. The molecule has 0 saturated heterocycles. The molecule has 4 nitrogen and oxygen atoms in total. The Bertz CT molecular complexity index is 399. The molecule has 96 valence electrons. The third-order valence-corrected chi connectivity index (χ3v) is 1.86. The van der Waals surface area contributed by atoms with Crippen LogP contribution in [0.3, 0.4) is 0 Å². The Morgan fingerprint density at radius 1 is 1.29 bits per heavy atom. The summed E-state index contributed by atoms with van der Waals surface area (Å²) in [5, 5.41) is 0. The zero-order valence-electron chi connectivity index (χ0n) is 9.80. The van der Waals surface area contributed by atoms with Gasteiger partial charge in [0.15, 0.2) is 5.69 Å². The second-order valence-corrected chi connectivity index (χ2v) is 4.37. The van der Waals surface area contributed by atoms with Crippen molar-refractivity contribution in [1.29, 1.82) is 0 Å². The minimum Gasteiger partial charge on any atom is -0.481 e. The van der Waals surface area contributed by atoms with Gasteiger partial charge in [0, 0.05) is 18.0 Å². The van der Waals surface area contributed by atoms with Crippen molar-refractivity contribution < 1.29 is 17.9 Å². The monoisotopic (exact) mass is 249 g/mol. The van der Waals surface area contributed by atoms with E-state index in [0.29, 0.717) is 0 Å². The molecule has 0 bridgehead atoms. The van der Waals surface area contributed by atoms with E-state index in [9.17, 15) is 13.2 Å². The predicted octanol–water partition coefficient (Wildman–Crippen LogP) is 1.78. The molecule has 1 heterocycles. The van der Waals surface area contributed by atoms with Crippen LogP contribution in [0.4, 0.5) is 13.2 Å². The van der Waals surface area contributed by atoms with E-state index in [1.165, 1.54) is 7.11 Å². The third kappa shape index (κ3) is 4.18. The smallest absolute Gasteiger partial charge is 0.433 e. The summed E-state index contributed by atoms with van der Waals surface area (Å²) in [6.45, 7) is 3.37. The highest BCUT2D eigenvalue weighted by atomic mass is 19.4. The van der Waals surface area contributed by atoms with E-state index in [4.69, 9.17) is 10.5 Å². The average molecular weight is 249 g/mol. The lowest BCUT2D eigenvalue weighted by atomic mass is 10.0. The molecule has 17 heavy (non-hydrogen) atoms. The van der Waals surface area contributed by atoms with Gasteiger partial charge in [0.05, 0.1) is 7.11 Å². The summed E-state index contributed by atoms with van der Waals surface area (Å²) in [5.74, 6) is -0.101. The fraction of sp³-hybridized carbons (Fsp3) is 0.600. The number of ether oxygens (including phenoxy) is 1. The highest BCUT2D eigenvalue weighted by Crippen LogP contribution is 2.29. The van der Waals surface area contributed by atoms with Gasteiger partial charge in [-0.3, -0.25) is 0 Å². The Kier molecular flexibility index (Phi) is 3.61. The summed E-state index contributed by atoms with van der Waals surface area (Å²) in [5.41, 5.74) is 4.01. The molecule has 0 aliphatic carbocycles. The van der Waals surface area contributed by atoms with Crippen molar-refractivity contribution in [3.05, 3.63) is 17.6 Å². The van der Waals surface area contributed by atoms with Crippen molar-refractivity contribution in [2.24, 2.45) is 5.73 Å². The molecular formula is C10H14F3N3O. The molecule has 0 fully saturated rings. The van der Waals surface area contributed by atoms with Gasteiger partial charge >= 0.3 is 6.18 Å². The summed E-state index contributed by atoms with van der Waals surface area (Å²) in [6.07, 6.45) is -4.39. The summed E-state index contributed by atoms with van der Waals surface area (Å²) >= 11 is 0. The van der Waals surface area contributed by atoms with Gasteiger partial charge < -0.3 is 10.5 Å². The van der Waals surface area contributed by atoms with E-state index in [1.807, 2.05) is 0 Å². The van der Waals surface area contributed by atoms with Gasteiger partial charge in [-0.2, -0.15) is 18.2 Å². The molecule has 0 aliphatic rings. The van der Waals surface area contributed by atoms with Crippen LogP contribution >= 0.6 is 0 Å².